The van der Waals surface area contributed by atoms with Crippen molar-refractivity contribution in [3.8, 4) is 5.75 Å². The van der Waals surface area contributed by atoms with Crippen LogP contribution in [-0.4, -0.2) is 52.0 Å². The first-order valence-electron chi connectivity index (χ1n) is 12.3. The zero-order valence-electron chi connectivity index (χ0n) is 21.1. The fraction of sp³-hybridized carbons (Fsp3) is 0.407. The highest BCUT2D eigenvalue weighted by molar-refractivity contribution is 9.10. The second kappa shape index (κ2) is 12.3. The third kappa shape index (κ3) is 6.39. The van der Waals surface area contributed by atoms with Crippen molar-refractivity contribution in [3.63, 3.8) is 0 Å². The maximum atomic E-state index is 12.5. The Morgan fingerprint density at radius 3 is 2.89 bits per heavy atom. The van der Waals surface area contributed by atoms with Gasteiger partial charge in [0.2, 0.25) is 5.91 Å². The van der Waals surface area contributed by atoms with Gasteiger partial charge in [-0.15, -0.1) is 0 Å². The summed E-state index contributed by atoms with van der Waals surface area (Å²) in [6, 6.07) is 10.3. The Hall–Kier alpha value is -3.04. The predicted molar refractivity (Wildman–Crippen MR) is 144 cm³/mol. The van der Waals surface area contributed by atoms with Crippen LogP contribution < -0.4 is 10.2 Å². The minimum Gasteiger partial charge on any atom is -0.496 e. The summed E-state index contributed by atoms with van der Waals surface area (Å²) in [6.07, 6.45) is 9.25. The van der Waals surface area contributed by atoms with Crippen LogP contribution in [0.25, 0.3) is 0 Å². The number of nitrogens with one attached hydrogen (secondary N) is 1. The second-order valence-electron chi connectivity index (χ2n) is 9.09. The van der Waals surface area contributed by atoms with Gasteiger partial charge in [0.05, 0.1) is 35.7 Å². The van der Waals surface area contributed by atoms with Crippen LogP contribution in [0.5, 0.6) is 5.75 Å². The number of hydrogen-bond donors (Lipinski definition) is 1. The van der Waals surface area contributed by atoms with Crippen LogP contribution in [0.1, 0.15) is 59.8 Å². The van der Waals surface area contributed by atoms with Crippen molar-refractivity contribution in [2.75, 3.05) is 20.2 Å². The molecular formula is C27H33BrN6O2. The number of hydrazone groups is 1. The number of halogens is 1. The molecule has 4 rings (SSSR count). The summed E-state index contributed by atoms with van der Waals surface area (Å²) in [5, 5.41) is 8.79. The number of benzene rings is 1. The maximum absolute atomic E-state index is 12.5. The van der Waals surface area contributed by atoms with Gasteiger partial charge in [0, 0.05) is 37.0 Å². The summed E-state index contributed by atoms with van der Waals surface area (Å²) >= 11 is 3.58. The van der Waals surface area contributed by atoms with Gasteiger partial charge in [0.15, 0.2) is 0 Å². The predicted octanol–water partition coefficient (Wildman–Crippen LogP) is 4.78. The normalized spacial score (nSPS) is 16.4. The van der Waals surface area contributed by atoms with Crippen LogP contribution in [0.4, 0.5) is 0 Å². The molecule has 36 heavy (non-hydrogen) atoms. The molecule has 1 saturated heterocycles. The molecule has 1 aromatic carbocycles. The highest BCUT2D eigenvalue weighted by Crippen LogP contribution is 2.30. The standard InChI is InChI=1S/C27H33BrN6O2/c1-19-27(28)20(2)34(32-19)18-23-15-21(9-10-25(23)36-3)16-30-31-26(35)11-14-33-13-5-4-8-24(33)22-7-6-12-29-17-22/h6-7,9-10,12,15-17,24H,4-5,8,11,13-14,18H2,1-3H3,(H,31,35). The van der Waals surface area contributed by atoms with Crippen LogP contribution in [0.2, 0.25) is 0 Å². The zero-order valence-corrected chi connectivity index (χ0v) is 22.7. The average molecular weight is 554 g/mol. The van der Waals surface area contributed by atoms with E-state index in [1.165, 1.54) is 12.0 Å². The number of piperidine rings is 1. The van der Waals surface area contributed by atoms with Crippen molar-refractivity contribution in [1.82, 2.24) is 25.1 Å². The first-order chi connectivity index (χ1) is 17.5. The van der Waals surface area contributed by atoms with Gasteiger partial charge < -0.3 is 4.74 Å². The molecule has 1 N–H and O–H groups in total. The van der Waals surface area contributed by atoms with Crippen molar-refractivity contribution in [2.24, 2.45) is 5.10 Å². The summed E-state index contributed by atoms with van der Waals surface area (Å²) in [4.78, 5) is 19.2. The van der Waals surface area contributed by atoms with E-state index in [4.69, 9.17) is 4.74 Å². The lowest BCUT2D eigenvalue weighted by atomic mass is 9.96. The van der Waals surface area contributed by atoms with E-state index < -0.39 is 0 Å². The summed E-state index contributed by atoms with van der Waals surface area (Å²) in [5.74, 6) is 0.688. The molecule has 1 fully saturated rings. The summed E-state index contributed by atoms with van der Waals surface area (Å²) in [6.45, 7) is 6.27. The molecule has 2 aromatic heterocycles. The number of rotatable bonds is 9. The molecule has 3 heterocycles. The Kier molecular flexibility index (Phi) is 8.88. The topological polar surface area (TPSA) is 84.6 Å². The zero-order chi connectivity index (χ0) is 25.5. The van der Waals surface area contributed by atoms with Gasteiger partial charge >= 0.3 is 0 Å². The lowest BCUT2D eigenvalue weighted by Gasteiger charge is -2.35. The number of methoxy groups -OCH3 is 1. The van der Waals surface area contributed by atoms with Gasteiger partial charge in [0.1, 0.15) is 5.75 Å². The lowest BCUT2D eigenvalue weighted by Crippen LogP contribution is -2.36. The first-order valence-corrected chi connectivity index (χ1v) is 13.1. The Morgan fingerprint density at radius 2 is 2.17 bits per heavy atom. The van der Waals surface area contributed by atoms with Crippen LogP contribution in [0.15, 0.2) is 52.3 Å². The van der Waals surface area contributed by atoms with Gasteiger partial charge in [-0.25, -0.2) is 5.43 Å². The Bertz CT molecular complexity index is 1210. The van der Waals surface area contributed by atoms with E-state index in [0.29, 0.717) is 25.6 Å². The molecule has 9 heteroatoms. The number of likely N-dealkylation sites (tertiary alicyclic amines) is 1. The number of carbonyl (C=O) groups excluding carboxylic acids is 1. The van der Waals surface area contributed by atoms with Crippen molar-refractivity contribution < 1.29 is 9.53 Å². The molecule has 190 valence electrons. The quantitative estimate of drug-likeness (QED) is 0.305. The lowest BCUT2D eigenvalue weighted by molar-refractivity contribution is -0.121. The second-order valence-corrected chi connectivity index (χ2v) is 9.88. The molecule has 8 nitrogen and oxygen atoms in total. The van der Waals surface area contributed by atoms with Crippen LogP contribution in [0, 0.1) is 13.8 Å². The highest BCUT2D eigenvalue weighted by Gasteiger charge is 2.24. The van der Waals surface area contributed by atoms with E-state index in [0.717, 1.165) is 52.1 Å². The van der Waals surface area contributed by atoms with Crippen LogP contribution in [-0.2, 0) is 11.3 Å². The van der Waals surface area contributed by atoms with E-state index in [1.807, 2.05) is 49.0 Å². The minimum absolute atomic E-state index is 0.0945. The van der Waals surface area contributed by atoms with Crippen molar-refractivity contribution >= 4 is 28.1 Å². The Labute approximate surface area is 220 Å². The number of amides is 1. The summed E-state index contributed by atoms with van der Waals surface area (Å²) in [5.41, 5.74) is 7.76. The number of nitrogens with zero attached hydrogens (tertiary/aromatic N) is 5. The smallest absolute Gasteiger partial charge is 0.241 e. The monoisotopic (exact) mass is 552 g/mol. The fourth-order valence-electron chi connectivity index (χ4n) is 4.68. The van der Waals surface area contributed by atoms with E-state index in [9.17, 15) is 4.79 Å². The van der Waals surface area contributed by atoms with Crippen LogP contribution in [0.3, 0.4) is 0 Å². The molecule has 0 radical (unpaired) electrons. The third-order valence-electron chi connectivity index (χ3n) is 6.63. The molecule has 0 bridgehead atoms. The van der Waals surface area contributed by atoms with Gasteiger partial charge in [-0.3, -0.25) is 19.4 Å². The van der Waals surface area contributed by atoms with Gasteiger partial charge in [-0.05, 0) is 84.6 Å². The fourth-order valence-corrected chi connectivity index (χ4v) is 4.97. The SMILES string of the molecule is COc1ccc(C=NNC(=O)CCN2CCCCC2c2cccnc2)cc1Cn1nc(C)c(Br)c1C. The number of pyridine rings is 1. The molecule has 0 saturated carbocycles. The number of ether oxygens (including phenoxy) is 1. The number of hydrogen-bond acceptors (Lipinski definition) is 6. The molecule has 0 spiro atoms. The number of carbonyl (C=O) groups is 1. The molecule has 1 atom stereocenters. The summed E-state index contributed by atoms with van der Waals surface area (Å²) < 4.78 is 8.50. The van der Waals surface area contributed by atoms with E-state index in [1.54, 1.807) is 19.5 Å². The third-order valence-corrected chi connectivity index (χ3v) is 7.78. The largest absolute Gasteiger partial charge is 0.496 e. The first kappa shape index (κ1) is 26.0. The van der Waals surface area contributed by atoms with Gasteiger partial charge in [0.25, 0.3) is 0 Å². The Morgan fingerprint density at radius 1 is 1.31 bits per heavy atom. The molecule has 1 unspecified atom stereocenters. The molecule has 1 amide bonds. The van der Waals surface area contributed by atoms with Gasteiger partial charge in [-0.2, -0.15) is 10.2 Å². The number of aryl methyl sites for hydroxylation is 1. The molecule has 0 aliphatic carbocycles. The van der Waals surface area contributed by atoms with Crippen molar-refractivity contribution in [3.05, 3.63) is 75.3 Å². The van der Waals surface area contributed by atoms with Crippen molar-refractivity contribution in [1.29, 1.82) is 0 Å². The summed E-state index contributed by atoms with van der Waals surface area (Å²) in [7, 11) is 1.66. The Balaban J connectivity index is 1.34. The average Bonchev–Trinajstić information content (AvgIpc) is 3.14. The molecule has 1 aliphatic rings. The van der Waals surface area contributed by atoms with Gasteiger partial charge in [-0.1, -0.05) is 12.5 Å². The van der Waals surface area contributed by atoms with E-state index in [-0.39, 0.29) is 5.91 Å². The van der Waals surface area contributed by atoms with Crippen LogP contribution >= 0.6 is 15.9 Å². The molecule has 3 aromatic rings. The van der Waals surface area contributed by atoms with Crippen molar-refractivity contribution in [2.45, 2.75) is 52.1 Å². The minimum atomic E-state index is -0.0945. The molecule has 1 aliphatic heterocycles. The number of aromatic nitrogens is 3. The van der Waals surface area contributed by atoms with E-state index >= 15 is 0 Å². The highest BCUT2D eigenvalue weighted by atomic mass is 79.9. The van der Waals surface area contributed by atoms with E-state index in [2.05, 4.69) is 47.5 Å². The maximum Gasteiger partial charge on any atom is 0.241 e. The molecular weight excluding hydrogens is 520 g/mol.